The van der Waals surface area contributed by atoms with Crippen molar-refractivity contribution in [3.05, 3.63) is 74.8 Å². The smallest absolute Gasteiger partial charge is 0.273 e. The Kier molecular flexibility index (Phi) is 6.16. The average Bonchev–Trinajstić information content (AvgIpc) is 2.68. The number of hydrogen-bond donors (Lipinski definition) is 1. The number of ether oxygens (including phenoxy) is 1. The maximum absolute atomic E-state index is 12.3. The lowest BCUT2D eigenvalue weighted by atomic mass is 10.1. The lowest BCUT2D eigenvalue weighted by Crippen LogP contribution is -2.35. The van der Waals surface area contributed by atoms with Crippen molar-refractivity contribution in [1.29, 1.82) is 0 Å². The van der Waals surface area contributed by atoms with Crippen LogP contribution in [-0.4, -0.2) is 42.0 Å². The number of aryl methyl sites for hydroxylation is 1. The van der Waals surface area contributed by atoms with Crippen LogP contribution >= 0.6 is 0 Å². The summed E-state index contributed by atoms with van der Waals surface area (Å²) in [7, 11) is 0. The molecule has 1 amide bonds. The van der Waals surface area contributed by atoms with Gasteiger partial charge in [-0.05, 0) is 24.1 Å². The molecule has 27 heavy (non-hydrogen) atoms. The fourth-order valence-corrected chi connectivity index (χ4v) is 3.01. The van der Waals surface area contributed by atoms with Crippen LogP contribution in [0, 0.1) is 17.0 Å². The van der Waals surface area contributed by atoms with Crippen LogP contribution in [0.25, 0.3) is 0 Å². The van der Waals surface area contributed by atoms with E-state index in [-0.39, 0.29) is 17.2 Å². The van der Waals surface area contributed by atoms with E-state index in [0.717, 1.165) is 38.4 Å². The van der Waals surface area contributed by atoms with Crippen LogP contribution in [0.5, 0.6) is 0 Å². The summed E-state index contributed by atoms with van der Waals surface area (Å²) in [6, 6.07) is 12.6. The predicted molar refractivity (Wildman–Crippen MR) is 102 cm³/mol. The molecule has 0 aromatic heterocycles. The summed E-state index contributed by atoms with van der Waals surface area (Å²) in [5.74, 6) is -0.324. The third-order valence-corrected chi connectivity index (χ3v) is 4.65. The molecule has 0 radical (unpaired) electrons. The minimum Gasteiger partial charge on any atom is -0.379 e. The van der Waals surface area contributed by atoms with E-state index in [2.05, 4.69) is 22.3 Å². The zero-order valence-corrected chi connectivity index (χ0v) is 15.3. The molecule has 0 unspecified atom stereocenters. The fraction of sp³-hybridized carbons (Fsp3) is 0.350. The van der Waals surface area contributed by atoms with Crippen molar-refractivity contribution in [2.75, 3.05) is 26.3 Å². The van der Waals surface area contributed by atoms with Crippen molar-refractivity contribution in [3.63, 3.8) is 0 Å². The Labute approximate surface area is 158 Å². The van der Waals surface area contributed by atoms with E-state index in [9.17, 15) is 14.9 Å². The van der Waals surface area contributed by atoms with Gasteiger partial charge in [0.1, 0.15) is 0 Å². The molecule has 1 aliphatic rings. The van der Waals surface area contributed by atoms with E-state index in [4.69, 9.17) is 4.74 Å². The molecule has 1 fully saturated rings. The number of nitro benzene ring substituents is 1. The van der Waals surface area contributed by atoms with Crippen LogP contribution in [-0.2, 0) is 17.8 Å². The second-order valence-corrected chi connectivity index (χ2v) is 6.65. The summed E-state index contributed by atoms with van der Waals surface area (Å²) in [5.41, 5.74) is 2.98. The van der Waals surface area contributed by atoms with Crippen LogP contribution in [0.1, 0.15) is 27.0 Å². The number of nitrogens with one attached hydrogen (secondary N) is 1. The number of nitro groups is 1. The van der Waals surface area contributed by atoms with E-state index < -0.39 is 4.92 Å². The molecule has 1 heterocycles. The fourth-order valence-electron chi connectivity index (χ4n) is 3.01. The molecule has 1 saturated heterocycles. The molecule has 7 heteroatoms. The molecular formula is C20H23N3O4. The van der Waals surface area contributed by atoms with Gasteiger partial charge >= 0.3 is 0 Å². The number of carbonyl (C=O) groups is 1. The number of amides is 1. The predicted octanol–water partition coefficient (Wildman–Crippen LogP) is 2.67. The zero-order chi connectivity index (χ0) is 19.2. The molecular weight excluding hydrogens is 346 g/mol. The van der Waals surface area contributed by atoms with Gasteiger partial charge < -0.3 is 10.1 Å². The second-order valence-electron chi connectivity index (χ2n) is 6.65. The minimum absolute atomic E-state index is 0.0462. The Bertz CT molecular complexity index is 814. The highest BCUT2D eigenvalue weighted by Crippen LogP contribution is 2.19. The van der Waals surface area contributed by atoms with Gasteiger partial charge in [0.15, 0.2) is 0 Å². The highest BCUT2D eigenvalue weighted by atomic mass is 16.6. The van der Waals surface area contributed by atoms with Crippen molar-refractivity contribution in [3.8, 4) is 0 Å². The topological polar surface area (TPSA) is 84.7 Å². The Balaban J connectivity index is 1.55. The van der Waals surface area contributed by atoms with E-state index in [1.165, 1.54) is 11.6 Å². The van der Waals surface area contributed by atoms with Crippen molar-refractivity contribution >= 4 is 11.6 Å². The van der Waals surface area contributed by atoms with Crippen molar-refractivity contribution in [2.24, 2.45) is 0 Å². The van der Waals surface area contributed by atoms with Gasteiger partial charge in [-0.25, -0.2) is 0 Å². The number of rotatable bonds is 6. The van der Waals surface area contributed by atoms with Crippen LogP contribution < -0.4 is 5.32 Å². The van der Waals surface area contributed by atoms with E-state index in [0.29, 0.717) is 12.1 Å². The molecule has 0 bridgehead atoms. The van der Waals surface area contributed by atoms with Gasteiger partial charge in [0.25, 0.3) is 11.6 Å². The van der Waals surface area contributed by atoms with E-state index in [1.807, 2.05) is 12.1 Å². The van der Waals surface area contributed by atoms with Crippen LogP contribution in [0.4, 0.5) is 5.69 Å². The Morgan fingerprint density at radius 1 is 1.15 bits per heavy atom. The Morgan fingerprint density at radius 3 is 2.48 bits per heavy atom. The highest BCUT2D eigenvalue weighted by molar-refractivity contribution is 5.94. The molecule has 7 nitrogen and oxygen atoms in total. The van der Waals surface area contributed by atoms with E-state index >= 15 is 0 Å². The van der Waals surface area contributed by atoms with Gasteiger partial charge in [-0.2, -0.15) is 0 Å². The SMILES string of the molecule is Cc1ccc(C(=O)NCc2ccc(CN3CCOCC3)cc2)cc1[N+](=O)[O-]. The quantitative estimate of drug-likeness (QED) is 0.625. The average molecular weight is 369 g/mol. The number of hydrogen-bond acceptors (Lipinski definition) is 5. The molecule has 1 aliphatic heterocycles. The summed E-state index contributed by atoms with van der Waals surface area (Å²) in [4.78, 5) is 25.2. The van der Waals surface area contributed by atoms with Gasteiger partial charge in [-0.15, -0.1) is 0 Å². The van der Waals surface area contributed by atoms with Gasteiger partial charge in [0, 0.05) is 43.4 Å². The number of carbonyl (C=O) groups excluding carboxylic acids is 1. The molecule has 0 aliphatic carbocycles. The standard InChI is InChI=1S/C20H23N3O4/c1-15-2-7-18(12-19(15)23(25)26)20(24)21-13-16-3-5-17(6-4-16)14-22-8-10-27-11-9-22/h2-7,12H,8-11,13-14H2,1H3,(H,21,24). The lowest BCUT2D eigenvalue weighted by Gasteiger charge is -2.26. The third kappa shape index (κ3) is 5.12. The summed E-state index contributed by atoms with van der Waals surface area (Å²) < 4.78 is 5.36. The maximum Gasteiger partial charge on any atom is 0.273 e. The molecule has 2 aromatic carbocycles. The van der Waals surface area contributed by atoms with Crippen molar-refractivity contribution in [1.82, 2.24) is 10.2 Å². The maximum atomic E-state index is 12.3. The monoisotopic (exact) mass is 369 g/mol. The summed E-state index contributed by atoms with van der Waals surface area (Å²) in [5, 5.41) is 13.8. The second kappa shape index (κ2) is 8.75. The molecule has 2 aromatic rings. The largest absolute Gasteiger partial charge is 0.379 e. The first-order valence-electron chi connectivity index (χ1n) is 8.94. The normalized spacial score (nSPS) is 14.7. The van der Waals surface area contributed by atoms with E-state index in [1.54, 1.807) is 19.1 Å². The highest BCUT2D eigenvalue weighted by Gasteiger charge is 2.15. The lowest BCUT2D eigenvalue weighted by molar-refractivity contribution is -0.385. The van der Waals surface area contributed by atoms with Gasteiger partial charge in [0.2, 0.25) is 0 Å². The van der Waals surface area contributed by atoms with Crippen molar-refractivity contribution < 1.29 is 14.5 Å². The van der Waals surface area contributed by atoms with Gasteiger partial charge in [-0.1, -0.05) is 30.3 Å². The van der Waals surface area contributed by atoms with Crippen LogP contribution in [0.15, 0.2) is 42.5 Å². The minimum atomic E-state index is -0.473. The third-order valence-electron chi connectivity index (χ3n) is 4.65. The Morgan fingerprint density at radius 2 is 1.81 bits per heavy atom. The number of morpholine rings is 1. The van der Waals surface area contributed by atoms with Crippen LogP contribution in [0.2, 0.25) is 0 Å². The molecule has 0 spiro atoms. The molecule has 142 valence electrons. The van der Waals surface area contributed by atoms with Gasteiger partial charge in [-0.3, -0.25) is 19.8 Å². The molecule has 1 N–H and O–H groups in total. The zero-order valence-electron chi connectivity index (χ0n) is 15.3. The van der Waals surface area contributed by atoms with Crippen LogP contribution in [0.3, 0.4) is 0 Å². The Hall–Kier alpha value is -2.77. The summed E-state index contributed by atoms with van der Waals surface area (Å²) in [6.07, 6.45) is 0. The van der Waals surface area contributed by atoms with Gasteiger partial charge in [0.05, 0.1) is 18.1 Å². The molecule has 0 saturated carbocycles. The van der Waals surface area contributed by atoms with Crippen molar-refractivity contribution in [2.45, 2.75) is 20.0 Å². The first-order valence-corrected chi connectivity index (χ1v) is 8.94. The molecule has 3 rings (SSSR count). The number of benzene rings is 2. The summed E-state index contributed by atoms with van der Waals surface area (Å²) in [6.45, 7) is 6.36. The first kappa shape index (κ1) is 19.0. The number of nitrogens with zero attached hydrogens (tertiary/aromatic N) is 2. The molecule has 0 atom stereocenters. The summed E-state index contributed by atoms with van der Waals surface area (Å²) >= 11 is 0. The first-order chi connectivity index (χ1) is 13.0.